The molecule has 0 fully saturated rings. The maximum Gasteiger partial charge on any atom is 0.270 e. The highest BCUT2D eigenvalue weighted by Crippen LogP contribution is 2.31. The first-order chi connectivity index (χ1) is 12.6. The summed E-state index contributed by atoms with van der Waals surface area (Å²) in [5.74, 6) is 0.658. The summed E-state index contributed by atoms with van der Waals surface area (Å²) in [6, 6.07) is 16.6. The third kappa shape index (κ3) is 2.93. The van der Waals surface area contributed by atoms with E-state index >= 15 is 0 Å². The molecule has 5 nitrogen and oxygen atoms in total. The molecule has 0 spiro atoms. The van der Waals surface area contributed by atoms with Crippen molar-refractivity contribution in [3.63, 3.8) is 0 Å². The van der Waals surface area contributed by atoms with Crippen molar-refractivity contribution < 1.29 is 4.92 Å². The lowest BCUT2D eigenvalue weighted by Crippen LogP contribution is -2.17. The fraction of sp³-hybridized carbons (Fsp3) is 0.200. The molecule has 0 saturated carbocycles. The van der Waals surface area contributed by atoms with Crippen LogP contribution in [0.1, 0.15) is 24.1 Å². The van der Waals surface area contributed by atoms with Gasteiger partial charge in [0.15, 0.2) is 0 Å². The summed E-state index contributed by atoms with van der Waals surface area (Å²) in [7, 11) is 0. The molecule has 1 aliphatic carbocycles. The average molecular weight is 363 g/mol. The third-order valence-corrected chi connectivity index (χ3v) is 5.05. The fourth-order valence-corrected chi connectivity index (χ4v) is 3.82. The van der Waals surface area contributed by atoms with Crippen LogP contribution < -0.4 is 0 Å². The molecule has 0 bridgehead atoms. The molecular formula is C20H17N3O2S. The van der Waals surface area contributed by atoms with Crippen LogP contribution in [0.25, 0.3) is 17.1 Å². The van der Waals surface area contributed by atoms with Gasteiger partial charge in [-0.15, -0.1) is 0 Å². The zero-order valence-electron chi connectivity index (χ0n) is 14.1. The molecule has 0 unspecified atom stereocenters. The largest absolute Gasteiger partial charge is 0.298 e. The first kappa shape index (κ1) is 16.6. The van der Waals surface area contributed by atoms with Gasteiger partial charge in [0.05, 0.1) is 4.92 Å². The Morgan fingerprint density at radius 3 is 2.58 bits per heavy atom. The lowest BCUT2D eigenvalue weighted by atomic mass is 9.96. The van der Waals surface area contributed by atoms with Crippen molar-refractivity contribution in [1.82, 2.24) is 9.55 Å². The number of rotatable bonds is 3. The van der Waals surface area contributed by atoms with Crippen LogP contribution in [-0.2, 0) is 12.8 Å². The van der Waals surface area contributed by atoms with Gasteiger partial charge in [0, 0.05) is 34.6 Å². The highest BCUT2D eigenvalue weighted by molar-refractivity contribution is 7.71. The number of para-hydroxylation sites is 1. The Kier molecular flexibility index (Phi) is 4.34. The predicted molar refractivity (Wildman–Crippen MR) is 103 cm³/mol. The summed E-state index contributed by atoms with van der Waals surface area (Å²) in [5.41, 5.74) is 4.04. The number of hydrogen-bond acceptors (Lipinski definition) is 4. The van der Waals surface area contributed by atoms with Crippen LogP contribution in [0, 0.1) is 14.8 Å². The van der Waals surface area contributed by atoms with Gasteiger partial charge < -0.3 is 0 Å². The maximum atomic E-state index is 11.2. The van der Waals surface area contributed by atoms with Crippen molar-refractivity contribution in [3.8, 4) is 17.1 Å². The first-order valence-corrected chi connectivity index (χ1v) is 9.01. The van der Waals surface area contributed by atoms with E-state index in [4.69, 9.17) is 12.2 Å². The van der Waals surface area contributed by atoms with Crippen LogP contribution >= 0.6 is 12.2 Å². The quantitative estimate of drug-likeness (QED) is 0.371. The maximum absolute atomic E-state index is 11.2. The van der Waals surface area contributed by atoms with Crippen molar-refractivity contribution in [2.45, 2.75) is 25.7 Å². The normalized spacial score (nSPS) is 13.2. The van der Waals surface area contributed by atoms with E-state index in [1.807, 2.05) is 36.4 Å². The summed E-state index contributed by atoms with van der Waals surface area (Å²) in [6.07, 6.45) is 4.08. The summed E-state index contributed by atoms with van der Waals surface area (Å²) >= 11 is 5.56. The van der Waals surface area contributed by atoms with E-state index in [1.54, 1.807) is 12.1 Å². The number of non-ortho nitro benzene ring substituents is 1. The molecule has 1 aliphatic rings. The number of nitro groups is 1. The Morgan fingerprint density at radius 2 is 1.81 bits per heavy atom. The molecule has 6 heteroatoms. The zero-order chi connectivity index (χ0) is 18.1. The average Bonchev–Trinajstić information content (AvgIpc) is 2.68. The van der Waals surface area contributed by atoms with Crippen molar-refractivity contribution in [3.05, 3.63) is 80.6 Å². The SMILES string of the molecule is O=[N+]([O-])c1cccc(-c2nc(=S)c3c(n2-c2ccccc2)CCCC3)c1. The molecule has 0 radical (unpaired) electrons. The van der Waals surface area contributed by atoms with Crippen molar-refractivity contribution in [2.24, 2.45) is 0 Å². The Morgan fingerprint density at radius 1 is 1.04 bits per heavy atom. The number of hydrogen-bond donors (Lipinski definition) is 0. The molecule has 0 amide bonds. The Balaban J connectivity index is 2.03. The van der Waals surface area contributed by atoms with Crippen LogP contribution in [-0.4, -0.2) is 14.5 Å². The van der Waals surface area contributed by atoms with Gasteiger partial charge in [0.25, 0.3) is 5.69 Å². The number of nitrogens with zero attached hydrogens (tertiary/aromatic N) is 3. The molecule has 4 rings (SSSR count). The van der Waals surface area contributed by atoms with Crippen LogP contribution in [0.4, 0.5) is 5.69 Å². The molecule has 3 aromatic rings. The van der Waals surface area contributed by atoms with Gasteiger partial charge in [-0.25, -0.2) is 4.98 Å². The third-order valence-electron chi connectivity index (χ3n) is 4.72. The smallest absolute Gasteiger partial charge is 0.270 e. The second-order valence-corrected chi connectivity index (χ2v) is 6.74. The molecule has 130 valence electrons. The minimum absolute atomic E-state index is 0.0487. The van der Waals surface area contributed by atoms with Crippen molar-refractivity contribution >= 4 is 17.9 Å². The van der Waals surface area contributed by atoms with Crippen molar-refractivity contribution in [1.29, 1.82) is 0 Å². The number of nitro benzene ring substituents is 1. The Hall–Kier alpha value is -2.86. The van der Waals surface area contributed by atoms with E-state index in [0.29, 0.717) is 16.0 Å². The van der Waals surface area contributed by atoms with E-state index in [2.05, 4.69) is 9.55 Å². The minimum Gasteiger partial charge on any atom is -0.298 e. The molecular weight excluding hydrogens is 346 g/mol. The molecule has 0 atom stereocenters. The van der Waals surface area contributed by atoms with Gasteiger partial charge in [-0.3, -0.25) is 14.7 Å². The molecule has 2 aromatic carbocycles. The van der Waals surface area contributed by atoms with Gasteiger partial charge in [-0.05, 0) is 37.8 Å². The van der Waals surface area contributed by atoms with Crippen LogP contribution in [0.2, 0.25) is 0 Å². The van der Waals surface area contributed by atoms with Gasteiger partial charge in [-0.1, -0.05) is 42.5 Å². The highest BCUT2D eigenvalue weighted by atomic mass is 32.1. The highest BCUT2D eigenvalue weighted by Gasteiger charge is 2.21. The minimum atomic E-state index is -0.386. The van der Waals surface area contributed by atoms with E-state index in [1.165, 1.54) is 11.8 Å². The summed E-state index contributed by atoms with van der Waals surface area (Å²) in [6.45, 7) is 0. The monoisotopic (exact) mass is 363 g/mol. The zero-order valence-corrected chi connectivity index (χ0v) is 14.9. The molecule has 26 heavy (non-hydrogen) atoms. The van der Waals surface area contributed by atoms with Crippen LogP contribution in [0.5, 0.6) is 0 Å². The summed E-state index contributed by atoms with van der Waals surface area (Å²) in [4.78, 5) is 15.5. The van der Waals surface area contributed by atoms with E-state index in [0.717, 1.165) is 36.9 Å². The van der Waals surface area contributed by atoms with Gasteiger partial charge in [0.1, 0.15) is 10.5 Å². The van der Waals surface area contributed by atoms with Crippen molar-refractivity contribution in [2.75, 3.05) is 0 Å². The summed E-state index contributed by atoms with van der Waals surface area (Å²) < 4.78 is 2.72. The molecule has 1 heterocycles. The Labute approximate surface area is 156 Å². The lowest BCUT2D eigenvalue weighted by Gasteiger charge is -2.24. The van der Waals surface area contributed by atoms with Crippen LogP contribution in [0.15, 0.2) is 54.6 Å². The summed E-state index contributed by atoms with van der Waals surface area (Å²) in [5, 5.41) is 11.2. The molecule has 1 aromatic heterocycles. The standard InChI is InChI=1S/C20H17N3O2S/c24-23(25)16-10-6-7-14(13-16)19-21-20(26)17-11-4-5-12-18(17)22(19)15-8-2-1-3-9-15/h1-3,6-10,13H,4-5,11-12H2. The second-order valence-electron chi connectivity index (χ2n) is 6.35. The van der Waals surface area contributed by atoms with Crippen LogP contribution in [0.3, 0.4) is 0 Å². The Bertz CT molecular complexity index is 1040. The number of benzene rings is 2. The first-order valence-electron chi connectivity index (χ1n) is 8.60. The fourth-order valence-electron chi connectivity index (χ4n) is 3.52. The topological polar surface area (TPSA) is 61.0 Å². The van der Waals surface area contributed by atoms with Gasteiger partial charge >= 0.3 is 0 Å². The van der Waals surface area contributed by atoms with E-state index < -0.39 is 0 Å². The second kappa shape index (κ2) is 6.80. The predicted octanol–water partition coefficient (Wildman–Crippen LogP) is 5.06. The molecule has 0 aliphatic heterocycles. The van der Waals surface area contributed by atoms with E-state index in [-0.39, 0.29) is 10.6 Å². The number of fused-ring (bicyclic) bond motifs is 1. The molecule has 0 N–H and O–H groups in total. The lowest BCUT2D eigenvalue weighted by molar-refractivity contribution is -0.384. The number of aromatic nitrogens is 2. The van der Waals surface area contributed by atoms with Gasteiger partial charge in [0.2, 0.25) is 0 Å². The van der Waals surface area contributed by atoms with Gasteiger partial charge in [-0.2, -0.15) is 0 Å². The van der Waals surface area contributed by atoms with E-state index in [9.17, 15) is 10.1 Å². The molecule has 0 saturated heterocycles.